The van der Waals surface area contributed by atoms with E-state index < -0.39 is 0 Å². The van der Waals surface area contributed by atoms with Crippen LogP contribution in [-0.2, 0) is 6.54 Å². The first-order chi connectivity index (χ1) is 7.81. The van der Waals surface area contributed by atoms with Gasteiger partial charge in [0.05, 0.1) is 4.47 Å². The molecule has 0 aromatic heterocycles. The monoisotopic (exact) mass is 281 g/mol. The fourth-order valence-corrected chi connectivity index (χ4v) is 2.06. The number of rotatable bonds is 6. The zero-order chi connectivity index (χ0) is 11.4. The Balaban J connectivity index is 2.06. The minimum Gasteiger partial charge on any atom is -0.488 e. The molecule has 2 nitrogen and oxygen atoms in total. The van der Waals surface area contributed by atoms with Gasteiger partial charge >= 0.3 is 0 Å². The van der Waals surface area contributed by atoms with E-state index in [0.29, 0.717) is 12.6 Å². The zero-order valence-electron chi connectivity index (χ0n) is 9.21. The van der Waals surface area contributed by atoms with Gasteiger partial charge in [0.15, 0.2) is 0 Å². The molecule has 0 spiro atoms. The lowest BCUT2D eigenvalue weighted by Crippen LogP contribution is -2.16. The average Bonchev–Trinajstić information content (AvgIpc) is 3.09. The van der Waals surface area contributed by atoms with Gasteiger partial charge in [-0.15, -0.1) is 0 Å². The molecule has 0 radical (unpaired) electrons. The van der Waals surface area contributed by atoms with Crippen LogP contribution in [0.3, 0.4) is 0 Å². The van der Waals surface area contributed by atoms with Crippen molar-refractivity contribution in [2.45, 2.75) is 25.4 Å². The van der Waals surface area contributed by atoms with Crippen molar-refractivity contribution in [2.75, 3.05) is 6.61 Å². The van der Waals surface area contributed by atoms with Gasteiger partial charge in [-0.1, -0.05) is 24.8 Å². The first-order valence-corrected chi connectivity index (χ1v) is 6.35. The summed E-state index contributed by atoms with van der Waals surface area (Å²) < 4.78 is 6.67. The maximum atomic E-state index is 5.66. The highest BCUT2D eigenvalue weighted by molar-refractivity contribution is 9.10. The van der Waals surface area contributed by atoms with E-state index in [1.807, 2.05) is 12.1 Å². The second kappa shape index (κ2) is 5.51. The van der Waals surface area contributed by atoms with Crippen LogP contribution in [0, 0.1) is 0 Å². The van der Waals surface area contributed by atoms with Gasteiger partial charge in [0.25, 0.3) is 0 Å². The van der Waals surface area contributed by atoms with E-state index in [0.717, 1.165) is 16.8 Å². The number of nitrogens with one attached hydrogen (secondary N) is 1. The van der Waals surface area contributed by atoms with Crippen LogP contribution in [-0.4, -0.2) is 12.6 Å². The van der Waals surface area contributed by atoms with Gasteiger partial charge in [0.2, 0.25) is 0 Å². The molecule has 0 saturated heterocycles. The standard InChI is InChI=1S/C13H16BrNO/c1-2-8-16-13-10(4-3-5-12(13)14)9-15-11-6-7-11/h2-5,11,15H,1,6-9H2. The van der Waals surface area contributed by atoms with E-state index >= 15 is 0 Å². The largest absolute Gasteiger partial charge is 0.488 e. The van der Waals surface area contributed by atoms with E-state index in [4.69, 9.17) is 4.74 Å². The van der Waals surface area contributed by atoms with Crippen LogP contribution < -0.4 is 10.1 Å². The number of para-hydroxylation sites is 1. The van der Waals surface area contributed by atoms with E-state index in [2.05, 4.69) is 33.9 Å². The predicted octanol–water partition coefficient (Wildman–Crippen LogP) is 3.27. The fourth-order valence-electron chi connectivity index (χ4n) is 1.54. The van der Waals surface area contributed by atoms with E-state index in [-0.39, 0.29) is 0 Å². The highest BCUT2D eigenvalue weighted by atomic mass is 79.9. The Bertz CT molecular complexity index is 374. The van der Waals surface area contributed by atoms with Crippen LogP contribution in [0.5, 0.6) is 5.75 Å². The van der Waals surface area contributed by atoms with Crippen molar-refractivity contribution in [3.05, 3.63) is 40.9 Å². The summed E-state index contributed by atoms with van der Waals surface area (Å²) >= 11 is 3.51. The molecule has 86 valence electrons. The fraction of sp³-hybridized carbons (Fsp3) is 0.385. The summed E-state index contributed by atoms with van der Waals surface area (Å²) in [4.78, 5) is 0. The SMILES string of the molecule is C=CCOc1c(Br)cccc1CNC1CC1. The van der Waals surface area contributed by atoms with E-state index in [1.54, 1.807) is 6.08 Å². The minimum atomic E-state index is 0.541. The molecular formula is C13H16BrNO. The van der Waals surface area contributed by atoms with Crippen molar-refractivity contribution in [3.63, 3.8) is 0 Å². The summed E-state index contributed by atoms with van der Waals surface area (Å²) in [6, 6.07) is 6.85. The van der Waals surface area contributed by atoms with Crippen molar-refractivity contribution in [1.29, 1.82) is 0 Å². The molecule has 3 heteroatoms. The zero-order valence-corrected chi connectivity index (χ0v) is 10.8. The molecule has 1 aromatic rings. The third kappa shape index (κ3) is 3.09. The second-order valence-corrected chi connectivity index (χ2v) is 4.84. The number of ether oxygens (including phenoxy) is 1. The summed E-state index contributed by atoms with van der Waals surface area (Å²) in [5.41, 5.74) is 1.20. The third-order valence-corrected chi connectivity index (χ3v) is 3.18. The Hall–Kier alpha value is -0.800. The normalized spacial score (nSPS) is 14.8. The maximum absolute atomic E-state index is 5.66. The molecule has 0 bridgehead atoms. The summed E-state index contributed by atoms with van der Waals surface area (Å²) in [7, 11) is 0. The molecule has 1 aliphatic rings. The smallest absolute Gasteiger partial charge is 0.138 e. The van der Waals surface area contributed by atoms with E-state index in [1.165, 1.54) is 18.4 Å². The van der Waals surface area contributed by atoms with Gasteiger partial charge in [-0.25, -0.2) is 0 Å². The van der Waals surface area contributed by atoms with Gasteiger partial charge < -0.3 is 10.1 Å². The first kappa shape index (κ1) is 11.7. The number of benzene rings is 1. The van der Waals surface area contributed by atoms with Crippen molar-refractivity contribution in [1.82, 2.24) is 5.32 Å². The van der Waals surface area contributed by atoms with Crippen LogP contribution in [0.15, 0.2) is 35.3 Å². The van der Waals surface area contributed by atoms with Crippen molar-refractivity contribution < 1.29 is 4.74 Å². The van der Waals surface area contributed by atoms with Crippen LogP contribution in [0.2, 0.25) is 0 Å². The molecule has 0 aliphatic heterocycles. The Morgan fingerprint density at radius 2 is 2.31 bits per heavy atom. The first-order valence-electron chi connectivity index (χ1n) is 5.55. The van der Waals surface area contributed by atoms with Crippen molar-refractivity contribution in [3.8, 4) is 5.75 Å². The lowest BCUT2D eigenvalue weighted by atomic mass is 10.2. The van der Waals surface area contributed by atoms with E-state index in [9.17, 15) is 0 Å². The molecule has 0 atom stereocenters. The quantitative estimate of drug-likeness (QED) is 0.809. The van der Waals surface area contributed by atoms with Crippen LogP contribution >= 0.6 is 15.9 Å². The molecule has 0 heterocycles. The summed E-state index contributed by atoms with van der Waals surface area (Å²) in [5, 5.41) is 3.49. The maximum Gasteiger partial charge on any atom is 0.138 e. The Morgan fingerprint density at radius 1 is 1.50 bits per heavy atom. The van der Waals surface area contributed by atoms with Gasteiger partial charge in [0, 0.05) is 18.2 Å². The Morgan fingerprint density at radius 3 is 3.00 bits per heavy atom. The van der Waals surface area contributed by atoms with Gasteiger partial charge in [-0.05, 0) is 34.8 Å². The highest BCUT2D eigenvalue weighted by Gasteiger charge is 2.20. The number of halogens is 1. The molecule has 1 saturated carbocycles. The van der Waals surface area contributed by atoms with Crippen LogP contribution in [0.25, 0.3) is 0 Å². The molecule has 0 unspecified atom stereocenters. The van der Waals surface area contributed by atoms with Crippen molar-refractivity contribution >= 4 is 15.9 Å². The molecule has 1 aliphatic carbocycles. The molecule has 2 rings (SSSR count). The third-order valence-electron chi connectivity index (χ3n) is 2.55. The summed E-state index contributed by atoms with van der Waals surface area (Å²) in [5.74, 6) is 0.926. The lowest BCUT2D eigenvalue weighted by Gasteiger charge is -2.12. The summed E-state index contributed by atoms with van der Waals surface area (Å²) in [6.07, 6.45) is 4.37. The molecule has 1 aromatic carbocycles. The number of hydrogen-bond donors (Lipinski definition) is 1. The Kier molecular flexibility index (Phi) is 4.02. The highest BCUT2D eigenvalue weighted by Crippen LogP contribution is 2.30. The second-order valence-electron chi connectivity index (χ2n) is 3.98. The Labute approximate surface area is 105 Å². The van der Waals surface area contributed by atoms with Crippen LogP contribution in [0.1, 0.15) is 18.4 Å². The van der Waals surface area contributed by atoms with Gasteiger partial charge in [0.1, 0.15) is 12.4 Å². The van der Waals surface area contributed by atoms with Crippen LogP contribution in [0.4, 0.5) is 0 Å². The van der Waals surface area contributed by atoms with Gasteiger partial charge in [-0.2, -0.15) is 0 Å². The molecule has 16 heavy (non-hydrogen) atoms. The van der Waals surface area contributed by atoms with Gasteiger partial charge in [-0.3, -0.25) is 0 Å². The molecule has 1 N–H and O–H groups in total. The topological polar surface area (TPSA) is 21.3 Å². The average molecular weight is 282 g/mol. The lowest BCUT2D eigenvalue weighted by molar-refractivity contribution is 0.355. The number of hydrogen-bond acceptors (Lipinski definition) is 2. The molecular weight excluding hydrogens is 266 g/mol. The minimum absolute atomic E-state index is 0.541. The summed E-state index contributed by atoms with van der Waals surface area (Å²) in [6.45, 7) is 5.08. The predicted molar refractivity (Wildman–Crippen MR) is 69.7 cm³/mol. The van der Waals surface area contributed by atoms with Crippen molar-refractivity contribution in [2.24, 2.45) is 0 Å². The molecule has 0 amide bonds. The molecule has 1 fully saturated rings.